The van der Waals surface area contributed by atoms with E-state index in [1.54, 1.807) is 0 Å². The highest BCUT2D eigenvalue weighted by Gasteiger charge is 2.18. The van der Waals surface area contributed by atoms with E-state index in [1.807, 2.05) is 42.7 Å². The smallest absolute Gasteiger partial charge is 0.264 e. The molecular formula is C18H19N5OS. The number of fused-ring (bicyclic) bond motifs is 1. The van der Waals surface area contributed by atoms with Crippen LogP contribution in [-0.4, -0.2) is 32.6 Å². The zero-order valence-corrected chi connectivity index (χ0v) is 15.1. The first kappa shape index (κ1) is 16.0. The standard InChI is InChI=1S/C18H19N5OS/c1-11-6-5-7-13(10-11)23-12(2)19-15-14(17(23)25)16(24)21-18(20-15)22-8-3-4-9-22/h5-7,10H,3-4,8-9H2,1-2H3,(H,20,21,24). The molecule has 1 aliphatic rings. The Hall–Kier alpha value is -2.54. The van der Waals surface area contributed by atoms with Crippen molar-refractivity contribution in [2.24, 2.45) is 0 Å². The molecule has 0 radical (unpaired) electrons. The number of nitrogens with one attached hydrogen (secondary N) is 1. The summed E-state index contributed by atoms with van der Waals surface area (Å²) in [4.78, 5) is 26.8. The second kappa shape index (κ2) is 6.07. The number of aryl methyl sites for hydroxylation is 2. The second-order valence-corrected chi connectivity index (χ2v) is 6.81. The highest BCUT2D eigenvalue weighted by atomic mass is 32.1. The van der Waals surface area contributed by atoms with Gasteiger partial charge in [-0.2, -0.15) is 4.98 Å². The molecule has 1 fully saturated rings. The predicted molar refractivity (Wildman–Crippen MR) is 101 cm³/mol. The van der Waals surface area contributed by atoms with E-state index in [9.17, 15) is 4.79 Å². The lowest BCUT2D eigenvalue weighted by molar-refractivity contribution is 0.875. The lowest BCUT2D eigenvalue weighted by Gasteiger charge is -2.17. The van der Waals surface area contributed by atoms with Crippen LogP contribution in [0.4, 0.5) is 5.95 Å². The molecule has 0 atom stereocenters. The minimum absolute atomic E-state index is 0.231. The molecule has 4 rings (SSSR count). The van der Waals surface area contributed by atoms with Gasteiger partial charge in [0.15, 0.2) is 5.65 Å². The van der Waals surface area contributed by atoms with Crippen LogP contribution in [0, 0.1) is 18.5 Å². The van der Waals surface area contributed by atoms with E-state index in [-0.39, 0.29) is 5.56 Å². The van der Waals surface area contributed by atoms with Crippen molar-refractivity contribution in [3.05, 3.63) is 50.6 Å². The zero-order valence-electron chi connectivity index (χ0n) is 14.2. The van der Waals surface area contributed by atoms with E-state index in [0.29, 0.717) is 27.4 Å². The van der Waals surface area contributed by atoms with Crippen LogP contribution >= 0.6 is 12.2 Å². The molecule has 0 spiro atoms. The average Bonchev–Trinajstić information content (AvgIpc) is 3.08. The Bertz CT molecular complexity index is 1080. The third-order valence-corrected chi connectivity index (χ3v) is 4.95. The van der Waals surface area contributed by atoms with Crippen LogP contribution in [0.25, 0.3) is 16.7 Å². The van der Waals surface area contributed by atoms with Crippen LogP contribution in [0.1, 0.15) is 24.2 Å². The van der Waals surface area contributed by atoms with Crippen molar-refractivity contribution in [3.63, 3.8) is 0 Å². The number of rotatable bonds is 2. The maximum Gasteiger partial charge on any atom is 0.264 e. The molecule has 0 unspecified atom stereocenters. The highest BCUT2D eigenvalue weighted by Crippen LogP contribution is 2.20. The summed E-state index contributed by atoms with van der Waals surface area (Å²) in [6, 6.07) is 7.97. The van der Waals surface area contributed by atoms with Crippen LogP contribution in [0.2, 0.25) is 0 Å². The van der Waals surface area contributed by atoms with Gasteiger partial charge in [0, 0.05) is 18.8 Å². The second-order valence-electron chi connectivity index (χ2n) is 6.42. The molecule has 128 valence electrons. The number of aromatic nitrogens is 4. The zero-order chi connectivity index (χ0) is 17.6. The van der Waals surface area contributed by atoms with Crippen molar-refractivity contribution in [1.82, 2.24) is 19.5 Å². The Labute approximate surface area is 150 Å². The van der Waals surface area contributed by atoms with E-state index in [4.69, 9.17) is 12.2 Å². The molecule has 0 saturated carbocycles. The van der Waals surface area contributed by atoms with Crippen LogP contribution in [-0.2, 0) is 0 Å². The summed E-state index contributed by atoms with van der Waals surface area (Å²) in [7, 11) is 0. The molecule has 0 bridgehead atoms. The molecule has 3 heterocycles. The van der Waals surface area contributed by atoms with Crippen LogP contribution < -0.4 is 10.5 Å². The van der Waals surface area contributed by atoms with Gasteiger partial charge in [-0.25, -0.2) is 4.98 Å². The van der Waals surface area contributed by atoms with Gasteiger partial charge < -0.3 is 4.90 Å². The van der Waals surface area contributed by atoms with Gasteiger partial charge in [-0.15, -0.1) is 0 Å². The fourth-order valence-corrected chi connectivity index (χ4v) is 3.76. The number of hydrogen-bond donors (Lipinski definition) is 1. The number of H-pyrrole nitrogens is 1. The van der Waals surface area contributed by atoms with E-state index in [2.05, 4.69) is 19.9 Å². The summed E-state index contributed by atoms with van der Waals surface area (Å²) in [5.41, 5.74) is 2.21. The third kappa shape index (κ3) is 2.74. The Morgan fingerprint density at radius 1 is 1.16 bits per heavy atom. The number of aromatic amines is 1. The molecule has 1 N–H and O–H groups in total. The molecule has 3 aromatic rings. The summed E-state index contributed by atoms with van der Waals surface area (Å²) in [6.07, 6.45) is 2.23. The summed E-state index contributed by atoms with van der Waals surface area (Å²) < 4.78 is 2.27. The average molecular weight is 353 g/mol. The van der Waals surface area contributed by atoms with Crippen molar-refractivity contribution >= 4 is 29.2 Å². The Kier molecular flexibility index (Phi) is 3.88. The minimum Gasteiger partial charge on any atom is -0.342 e. The van der Waals surface area contributed by atoms with Gasteiger partial charge in [-0.1, -0.05) is 24.4 Å². The Balaban J connectivity index is 1.97. The van der Waals surface area contributed by atoms with Crippen LogP contribution in [0.3, 0.4) is 0 Å². The van der Waals surface area contributed by atoms with Gasteiger partial charge >= 0.3 is 0 Å². The summed E-state index contributed by atoms with van der Waals surface area (Å²) in [6.45, 7) is 5.72. The largest absolute Gasteiger partial charge is 0.342 e. The van der Waals surface area contributed by atoms with Gasteiger partial charge in [0.25, 0.3) is 5.56 Å². The first-order valence-corrected chi connectivity index (χ1v) is 8.81. The number of anilines is 1. The SMILES string of the molecule is Cc1cccc(-n2c(C)nc3nc(N4CCCC4)[nH]c(=O)c3c2=S)c1. The Morgan fingerprint density at radius 3 is 2.64 bits per heavy atom. The van der Waals surface area contributed by atoms with Crippen molar-refractivity contribution in [1.29, 1.82) is 0 Å². The number of hydrogen-bond acceptors (Lipinski definition) is 5. The number of benzene rings is 1. The molecule has 1 aromatic carbocycles. The van der Waals surface area contributed by atoms with E-state index < -0.39 is 0 Å². The lowest BCUT2D eigenvalue weighted by atomic mass is 10.2. The predicted octanol–water partition coefficient (Wildman–Crippen LogP) is 3.06. The Morgan fingerprint density at radius 2 is 1.92 bits per heavy atom. The quantitative estimate of drug-likeness (QED) is 0.717. The monoisotopic (exact) mass is 353 g/mol. The highest BCUT2D eigenvalue weighted by molar-refractivity contribution is 7.71. The molecular weight excluding hydrogens is 334 g/mol. The fourth-order valence-electron chi connectivity index (χ4n) is 3.34. The molecule has 25 heavy (non-hydrogen) atoms. The maximum atomic E-state index is 12.7. The van der Waals surface area contributed by atoms with Gasteiger partial charge in [0.2, 0.25) is 5.95 Å². The first-order chi connectivity index (χ1) is 12.0. The van der Waals surface area contributed by atoms with Gasteiger partial charge in [0.1, 0.15) is 15.9 Å². The van der Waals surface area contributed by atoms with Crippen LogP contribution in [0.15, 0.2) is 29.1 Å². The summed E-state index contributed by atoms with van der Waals surface area (Å²) in [5, 5.41) is 0.366. The van der Waals surface area contributed by atoms with Gasteiger partial charge in [-0.3, -0.25) is 14.3 Å². The first-order valence-electron chi connectivity index (χ1n) is 8.40. The molecule has 0 amide bonds. The topological polar surface area (TPSA) is 66.8 Å². The van der Waals surface area contributed by atoms with Crippen molar-refractivity contribution in [2.45, 2.75) is 26.7 Å². The maximum absolute atomic E-state index is 12.7. The third-order valence-electron chi connectivity index (χ3n) is 4.56. The molecule has 1 aliphatic heterocycles. The molecule has 6 nitrogen and oxygen atoms in total. The normalized spacial score (nSPS) is 14.4. The molecule has 2 aromatic heterocycles. The fraction of sp³-hybridized carbons (Fsp3) is 0.333. The van der Waals surface area contributed by atoms with E-state index in [0.717, 1.165) is 37.2 Å². The summed E-state index contributed by atoms with van der Waals surface area (Å²) >= 11 is 5.62. The number of nitrogens with zero attached hydrogens (tertiary/aromatic N) is 4. The van der Waals surface area contributed by atoms with E-state index >= 15 is 0 Å². The van der Waals surface area contributed by atoms with Gasteiger partial charge in [-0.05, 0) is 44.4 Å². The van der Waals surface area contributed by atoms with E-state index in [1.165, 1.54) is 0 Å². The molecule has 7 heteroatoms. The van der Waals surface area contributed by atoms with Crippen molar-refractivity contribution < 1.29 is 0 Å². The van der Waals surface area contributed by atoms with Crippen molar-refractivity contribution in [3.8, 4) is 5.69 Å². The summed E-state index contributed by atoms with van der Waals surface area (Å²) in [5.74, 6) is 1.30. The minimum atomic E-state index is -0.231. The van der Waals surface area contributed by atoms with Gasteiger partial charge in [0.05, 0.1) is 0 Å². The van der Waals surface area contributed by atoms with Crippen molar-refractivity contribution in [2.75, 3.05) is 18.0 Å². The molecule has 0 aliphatic carbocycles. The van der Waals surface area contributed by atoms with Crippen LogP contribution in [0.5, 0.6) is 0 Å². The lowest BCUT2D eigenvalue weighted by Crippen LogP contribution is -2.25. The molecule has 1 saturated heterocycles.